The maximum absolute atomic E-state index is 12.8. The predicted octanol–water partition coefficient (Wildman–Crippen LogP) is 3.44. The van der Waals surface area contributed by atoms with Crippen molar-refractivity contribution in [2.24, 2.45) is 0 Å². The Labute approximate surface area is 146 Å². The molecule has 0 radical (unpaired) electrons. The molecule has 2 aliphatic rings. The van der Waals surface area contributed by atoms with Crippen molar-refractivity contribution in [1.82, 2.24) is 14.9 Å². The summed E-state index contributed by atoms with van der Waals surface area (Å²) in [7, 11) is 0. The van der Waals surface area contributed by atoms with Crippen molar-refractivity contribution in [3.8, 4) is 0 Å². The lowest BCUT2D eigenvalue weighted by atomic mass is 9.98. The number of nitrogens with zero attached hydrogens (tertiary/aromatic N) is 3. The van der Waals surface area contributed by atoms with Gasteiger partial charge in [0, 0.05) is 42.3 Å². The van der Waals surface area contributed by atoms with Crippen LogP contribution in [0, 0.1) is 6.92 Å². The van der Waals surface area contributed by atoms with Gasteiger partial charge in [-0.25, -0.2) is 9.97 Å². The molecule has 0 spiro atoms. The monoisotopic (exact) mass is 342 g/mol. The molecular weight excluding hydrogens is 320 g/mol. The van der Waals surface area contributed by atoms with Gasteiger partial charge in [-0.1, -0.05) is 0 Å². The molecule has 0 bridgehead atoms. The first-order valence-electron chi connectivity index (χ1n) is 8.63. The Hall–Kier alpha value is -1.95. The van der Waals surface area contributed by atoms with Crippen LogP contribution in [-0.4, -0.2) is 39.9 Å². The van der Waals surface area contributed by atoms with Crippen LogP contribution < -0.4 is 5.32 Å². The number of aryl methyl sites for hydroxylation is 1. The molecule has 1 aliphatic heterocycles. The number of likely N-dealkylation sites (tertiary alicyclic amines) is 1. The van der Waals surface area contributed by atoms with Gasteiger partial charge in [-0.3, -0.25) is 4.79 Å². The number of piperidine rings is 1. The fraction of sp³-hybridized carbons (Fsp3) is 0.500. The Balaban J connectivity index is 1.43. The van der Waals surface area contributed by atoms with Crippen molar-refractivity contribution in [3.63, 3.8) is 0 Å². The molecule has 6 heteroatoms. The van der Waals surface area contributed by atoms with Gasteiger partial charge in [0.15, 0.2) is 0 Å². The van der Waals surface area contributed by atoms with E-state index in [0.29, 0.717) is 17.5 Å². The zero-order valence-corrected chi connectivity index (χ0v) is 14.7. The summed E-state index contributed by atoms with van der Waals surface area (Å²) in [6, 6.07) is 4.37. The second kappa shape index (κ2) is 6.51. The van der Waals surface area contributed by atoms with Crippen LogP contribution in [0.15, 0.2) is 23.7 Å². The first-order chi connectivity index (χ1) is 11.7. The highest BCUT2D eigenvalue weighted by molar-refractivity contribution is 7.09. The van der Waals surface area contributed by atoms with E-state index in [-0.39, 0.29) is 5.91 Å². The second-order valence-corrected chi connectivity index (χ2v) is 7.66. The molecule has 1 N–H and O–H groups in total. The molecular formula is C18H22N4OS. The number of thiazole rings is 1. The largest absolute Gasteiger partial charge is 0.367 e. The maximum atomic E-state index is 12.8. The van der Waals surface area contributed by atoms with E-state index >= 15 is 0 Å². The van der Waals surface area contributed by atoms with Gasteiger partial charge < -0.3 is 10.2 Å². The lowest BCUT2D eigenvalue weighted by Crippen LogP contribution is -2.39. The van der Waals surface area contributed by atoms with E-state index in [2.05, 4.69) is 20.7 Å². The number of hydrogen-bond donors (Lipinski definition) is 1. The molecule has 126 valence electrons. The highest BCUT2D eigenvalue weighted by Gasteiger charge is 2.27. The molecule has 2 fully saturated rings. The minimum atomic E-state index is 0.0819. The maximum Gasteiger partial charge on any atom is 0.255 e. The number of aromatic nitrogens is 2. The molecule has 1 saturated carbocycles. The molecule has 1 aliphatic carbocycles. The number of hydrogen-bond acceptors (Lipinski definition) is 5. The molecule has 3 heterocycles. The van der Waals surface area contributed by atoms with E-state index in [0.717, 1.165) is 42.5 Å². The van der Waals surface area contributed by atoms with Gasteiger partial charge in [0.05, 0.1) is 10.6 Å². The third-order valence-corrected chi connectivity index (χ3v) is 5.76. The van der Waals surface area contributed by atoms with Crippen LogP contribution in [0.5, 0.6) is 0 Å². The van der Waals surface area contributed by atoms with Crippen LogP contribution in [0.1, 0.15) is 52.7 Å². The quantitative estimate of drug-likeness (QED) is 0.925. The summed E-state index contributed by atoms with van der Waals surface area (Å²) in [6.45, 7) is 3.60. The van der Waals surface area contributed by atoms with Gasteiger partial charge in [-0.05, 0) is 44.7 Å². The normalized spacial score (nSPS) is 20.9. The second-order valence-electron chi connectivity index (χ2n) is 6.77. The zero-order chi connectivity index (χ0) is 16.5. The standard InChI is InChI=1S/C18H22N4OS/c1-12-11-24-17(20-12)14-3-2-8-22(10-14)18(23)13-4-7-16(19-9-13)21-15-5-6-15/h4,7,9,11,14-15H,2-3,5-6,8,10H2,1H3,(H,19,21)/t14-/m0/s1. The number of amides is 1. The highest BCUT2D eigenvalue weighted by Crippen LogP contribution is 2.30. The summed E-state index contributed by atoms with van der Waals surface area (Å²) in [5.74, 6) is 1.31. The van der Waals surface area contributed by atoms with E-state index in [1.807, 2.05) is 24.0 Å². The van der Waals surface area contributed by atoms with E-state index in [1.54, 1.807) is 17.5 Å². The number of nitrogens with one attached hydrogen (secondary N) is 1. The van der Waals surface area contributed by atoms with Crippen LogP contribution in [0.2, 0.25) is 0 Å². The van der Waals surface area contributed by atoms with Crippen LogP contribution in [0.3, 0.4) is 0 Å². The molecule has 1 saturated heterocycles. The molecule has 2 aromatic heterocycles. The number of carbonyl (C=O) groups is 1. The van der Waals surface area contributed by atoms with Crippen LogP contribution in [0.25, 0.3) is 0 Å². The topological polar surface area (TPSA) is 58.1 Å². The summed E-state index contributed by atoms with van der Waals surface area (Å²) < 4.78 is 0. The highest BCUT2D eigenvalue weighted by atomic mass is 32.1. The van der Waals surface area contributed by atoms with Crippen molar-refractivity contribution in [3.05, 3.63) is 40.0 Å². The molecule has 5 nitrogen and oxygen atoms in total. The predicted molar refractivity (Wildman–Crippen MR) is 95.6 cm³/mol. The van der Waals surface area contributed by atoms with E-state index in [4.69, 9.17) is 0 Å². The van der Waals surface area contributed by atoms with E-state index in [9.17, 15) is 4.79 Å². The summed E-state index contributed by atoms with van der Waals surface area (Å²) in [6.07, 6.45) is 6.27. The lowest BCUT2D eigenvalue weighted by molar-refractivity contribution is 0.0706. The summed E-state index contributed by atoms with van der Waals surface area (Å²) in [5, 5.41) is 6.60. The van der Waals surface area contributed by atoms with Gasteiger partial charge in [0.25, 0.3) is 5.91 Å². The average molecular weight is 342 g/mol. The smallest absolute Gasteiger partial charge is 0.255 e. The first-order valence-corrected chi connectivity index (χ1v) is 9.51. The van der Waals surface area contributed by atoms with Crippen LogP contribution in [-0.2, 0) is 0 Å². The van der Waals surface area contributed by atoms with Crippen molar-refractivity contribution in [2.45, 2.75) is 44.6 Å². The Morgan fingerprint density at radius 3 is 2.88 bits per heavy atom. The van der Waals surface area contributed by atoms with Crippen molar-refractivity contribution < 1.29 is 4.79 Å². The molecule has 24 heavy (non-hydrogen) atoms. The van der Waals surface area contributed by atoms with Crippen LogP contribution in [0.4, 0.5) is 5.82 Å². The van der Waals surface area contributed by atoms with E-state index < -0.39 is 0 Å². The minimum Gasteiger partial charge on any atom is -0.367 e. The SMILES string of the molecule is Cc1csc([C@H]2CCCN(C(=O)c3ccc(NC4CC4)nc3)C2)n1. The fourth-order valence-electron chi connectivity index (χ4n) is 3.15. The lowest BCUT2D eigenvalue weighted by Gasteiger charge is -2.31. The fourth-order valence-corrected chi connectivity index (χ4v) is 4.07. The molecule has 0 aromatic carbocycles. The minimum absolute atomic E-state index is 0.0819. The molecule has 1 amide bonds. The van der Waals surface area contributed by atoms with Crippen molar-refractivity contribution in [1.29, 1.82) is 0 Å². The Bertz CT molecular complexity index is 723. The molecule has 0 unspecified atom stereocenters. The van der Waals surface area contributed by atoms with Gasteiger partial charge in [0.2, 0.25) is 0 Å². The molecule has 4 rings (SSSR count). The Morgan fingerprint density at radius 2 is 2.21 bits per heavy atom. The molecule has 2 aromatic rings. The van der Waals surface area contributed by atoms with Crippen molar-refractivity contribution >= 4 is 23.1 Å². The van der Waals surface area contributed by atoms with Gasteiger partial charge >= 0.3 is 0 Å². The Kier molecular flexibility index (Phi) is 4.22. The number of rotatable bonds is 4. The third kappa shape index (κ3) is 3.43. The number of pyridine rings is 1. The number of anilines is 1. The Morgan fingerprint density at radius 1 is 1.33 bits per heavy atom. The van der Waals surface area contributed by atoms with Gasteiger partial charge in [-0.2, -0.15) is 0 Å². The van der Waals surface area contributed by atoms with Crippen molar-refractivity contribution in [2.75, 3.05) is 18.4 Å². The summed E-state index contributed by atoms with van der Waals surface area (Å²) in [4.78, 5) is 23.7. The van der Waals surface area contributed by atoms with Gasteiger partial charge in [-0.15, -0.1) is 11.3 Å². The van der Waals surface area contributed by atoms with Crippen LogP contribution >= 0.6 is 11.3 Å². The third-order valence-electron chi connectivity index (χ3n) is 4.63. The summed E-state index contributed by atoms with van der Waals surface area (Å²) in [5.41, 5.74) is 1.74. The van der Waals surface area contributed by atoms with E-state index in [1.165, 1.54) is 12.8 Å². The number of carbonyl (C=O) groups excluding carboxylic acids is 1. The van der Waals surface area contributed by atoms with Gasteiger partial charge in [0.1, 0.15) is 5.82 Å². The zero-order valence-electron chi connectivity index (χ0n) is 13.9. The average Bonchev–Trinajstić information content (AvgIpc) is 3.32. The first kappa shape index (κ1) is 15.6. The summed E-state index contributed by atoms with van der Waals surface area (Å²) >= 11 is 1.71. The molecule has 1 atom stereocenters.